The van der Waals surface area contributed by atoms with E-state index in [1.807, 2.05) is 0 Å². The second-order valence-corrected chi connectivity index (χ2v) is 7.41. The first-order valence-electron chi connectivity index (χ1n) is 6.87. The van der Waals surface area contributed by atoms with Crippen molar-refractivity contribution in [3.8, 4) is 0 Å². The molecule has 0 saturated heterocycles. The van der Waals surface area contributed by atoms with E-state index in [0.717, 1.165) is 31.7 Å². The Labute approximate surface area is 119 Å². The first kappa shape index (κ1) is 15.3. The van der Waals surface area contributed by atoms with E-state index in [4.69, 9.17) is 5.73 Å². The van der Waals surface area contributed by atoms with Crippen molar-refractivity contribution in [2.75, 3.05) is 5.73 Å². The van der Waals surface area contributed by atoms with Crippen LogP contribution in [0.5, 0.6) is 0 Å². The molecular weight excluding hydrogens is 279 g/mol. The summed E-state index contributed by atoms with van der Waals surface area (Å²) in [5.74, 6) is -0.0661. The molecule has 1 aromatic carbocycles. The third-order valence-corrected chi connectivity index (χ3v) is 5.50. The van der Waals surface area contributed by atoms with Crippen molar-refractivity contribution in [1.29, 1.82) is 0 Å². The van der Waals surface area contributed by atoms with Crippen molar-refractivity contribution in [2.24, 2.45) is 5.92 Å². The molecule has 4 nitrogen and oxygen atoms in total. The molecule has 0 aromatic heterocycles. The van der Waals surface area contributed by atoms with Gasteiger partial charge in [0.25, 0.3) is 0 Å². The number of nitrogens with one attached hydrogen (secondary N) is 1. The maximum absolute atomic E-state index is 13.3. The lowest BCUT2D eigenvalue weighted by Gasteiger charge is -2.27. The number of rotatable bonds is 3. The molecule has 0 aliphatic heterocycles. The highest BCUT2D eigenvalue weighted by Gasteiger charge is 2.26. The van der Waals surface area contributed by atoms with Crippen LogP contribution in [0.1, 0.15) is 38.2 Å². The topological polar surface area (TPSA) is 72.2 Å². The predicted octanol–water partition coefficient (Wildman–Crippen LogP) is 2.57. The highest BCUT2D eigenvalue weighted by Crippen LogP contribution is 2.26. The fourth-order valence-corrected chi connectivity index (χ4v) is 4.33. The van der Waals surface area contributed by atoms with Crippen LogP contribution in [-0.2, 0) is 10.0 Å². The average molecular weight is 300 g/mol. The van der Waals surface area contributed by atoms with Gasteiger partial charge < -0.3 is 5.73 Å². The van der Waals surface area contributed by atoms with E-state index in [-0.39, 0.29) is 16.6 Å². The zero-order valence-corrected chi connectivity index (χ0v) is 12.6. The number of anilines is 1. The van der Waals surface area contributed by atoms with Gasteiger partial charge in [0.05, 0.1) is 10.6 Å². The lowest BCUT2D eigenvalue weighted by Crippen LogP contribution is -2.38. The van der Waals surface area contributed by atoms with E-state index in [1.54, 1.807) is 6.92 Å². The molecule has 2 atom stereocenters. The monoisotopic (exact) mass is 300 g/mol. The molecule has 1 aliphatic rings. The minimum atomic E-state index is -3.65. The van der Waals surface area contributed by atoms with Crippen molar-refractivity contribution in [1.82, 2.24) is 4.72 Å². The second kappa shape index (κ2) is 5.69. The number of aryl methyl sites for hydroxylation is 1. The summed E-state index contributed by atoms with van der Waals surface area (Å²) in [7, 11) is -3.65. The normalized spacial score (nSPS) is 23.8. The molecule has 0 amide bonds. The summed E-state index contributed by atoms with van der Waals surface area (Å²) in [6.07, 6.45) is 3.86. The Kier molecular flexibility index (Phi) is 4.34. The fraction of sp³-hybridized carbons (Fsp3) is 0.571. The summed E-state index contributed by atoms with van der Waals surface area (Å²) in [5, 5.41) is 0. The van der Waals surface area contributed by atoms with Crippen LogP contribution in [0.3, 0.4) is 0 Å². The van der Waals surface area contributed by atoms with Gasteiger partial charge in [-0.25, -0.2) is 17.5 Å². The number of nitrogens with two attached hydrogens (primary N) is 1. The highest BCUT2D eigenvalue weighted by molar-refractivity contribution is 7.89. The Morgan fingerprint density at radius 1 is 1.35 bits per heavy atom. The van der Waals surface area contributed by atoms with Gasteiger partial charge in [-0.3, -0.25) is 0 Å². The largest absolute Gasteiger partial charge is 0.396 e. The lowest BCUT2D eigenvalue weighted by molar-refractivity contribution is 0.327. The number of hydrogen-bond donors (Lipinski definition) is 2. The van der Waals surface area contributed by atoms with Crippen LogP contribution in [0.4, 0.5) is 10.1 Å². The van der Waals surface area contributed by atoms with Crippen LogP contribution in [-0.4, -0.2) is 14.5 Å². The van der Waals surface area contributed by atoms with Crippen LogP contribution < -0.4 is 10.5 Å². The van der Waals surface area contributed by atoms with E-state index in [9.17, 15) is 12.8 Å². The molecule has 20 heavy (non-hydrogen) atoms. The fourth-order valence-electron chi connectivity index (χ4n) is 2.78. The number of halogens is 1. The molecule has 0 spiro atoms. The van der Waals surface area contributed by atoms with Gasteiger partial charge in [-0.05, 0) is 43.4 Å². The Bertz CT molecular complexity index is 601. The van der Waals surface area contributed by atoms with Crippen LogP contribution in [0.2, 0.25) is 0 Å². The molecule has 0 heterocycles. The molecule has 2 rings (SSSR count). The van der Waals surface area contributed by atoms with Crippen molar-refractivity contribution in [3.63, 3.8) is 0 Å². The smallest absolute Gasteiger partial charge is 0.241 e. The molecule has 1 aliphatic carbocycles. The second-order valence-electron chi connectivity index (χ2n) is 5.73. The Balaban J connectivity index is 2.24. The molecule has 1 fully saturated rings. The van der Waals surface area contributed by atoms with Crippen LogP contribution in [0.25, 0.3) is 0 Å². The predicted molar refractivity (Wildman–Crippen MR) is 77.3 cm³/mol. The molecule has 6 heteroatoms. The van der Waals surface area contributed by atoms with Gasteiger partial charge in [-0.2, -0.15) is 0 Å². The van der Waals surface area contributed by atoms with Crippen molar-refractivity contribution >= 4 is 15.7 Å². The quantitative estimate of drug-likeness (QED) is 0.843. The lowest BCUT2D eigenvalue weighted by atomic mass is 9.88. The van der Waals surface area contributed by atoms with Gasteiger partial charge in [0.15, 0.2) is 0 Å². The zero-order chi connectivity index (χ0) is 14.9. The van der Waals surface area contributed by atoms with E-state index >= 15 is 0 Å². The number of nitrogen functional groups attached to an aromatic ring is 1. The maximum Gasteiger partial charge on any atom is 0.241 e. The van der Waals surface area contributed by atoms with Crippen molar-refractivity contribution in [2.45, 2.75) is 50.5 Å². The summed E-state index contributed by atoms with van der Waals surface area (Å²) < 4.78 is 40.8. The van der Waals surface area contributed by atoms with E-state index < -0.39 is 15.8 Å². The average Bonchev–Trinajstić information content (AvgIpc) is 2.33. The number of hydrogen-bond acceptors (Lipinski definition) is 3. The van der Waals surface area contributed by atoms with Crippen LogP contribution in [0.15, 0.2) is 17.0 Å². The zero-order valence-electron chi connectivity index (χ0n) is 11.8. The van der Waals surface area contributed by atoms with Crippen molar-refractivity contribution in [3.05, 3.63) is 23.5 Å². The minimum Gasteiger partial charge on any atom is -0.396 e. The molecule has 1 saturated carbocycles. The Morgan fingerprint density at radius 2 is 2.05 bits per heavy atom. The van der Waals surface area contributed by atoms with E-state index in [1.165, 1.54) is 6.07 Å². The minimum absolute atomic E-state index is 0.0468. The third kappa shape index (κ3) is 3.30. The van der Waals surface area contributed by atoms with Gasteiger partial charge >= 0.3 is 0 Å². The first-order chi connectivity index (χ1) is 9.29. The van der Waals surface area contributed by atoms with E-state index in [0.29, 0.717) is 11.5 Å². The summed E-state index contributed by atoms with van der Waals surface area (Å²) >= 11 is 0. The van der Waals surface area contributed by atoms with Gasteiger partial charge in [-0.1, -0.05) is 19.8 Å². The molecule has 0 radical (unpaired) electrons. The van der Waals surface area contributed by atoms with Crippen molar-refractivity contribution < 1.29 is 12.8 Å². The number of sulfonamides is 1. The van der Waals surface area contributed by atoms with Gasteiger partial charge in [0.2, 0.25) is 10.0 Å². The summed E-state index contributed by atoms with van der Waals surface area (Å²) in [5.41, 5.74) is 5.70. The van der Waals surface area contributed by atoms with Gasteiger partial charge in [-0.15, -0.1) is 0 Å². The third-order valence-electron chi connectivity index (χ3n) is 3.84. The standard InChI is InChI=1S/C14H21FN2O2S/c1-9-4-3-5-11(6-9)17-20(18,19)14-8-13(16)12(15)7-10(14)2/h7-9,11,17H,3-6,16H2,1-2H3. The molecule has 0 bridgehead atoms. The summed E-state index contributed by atoms with van der Waals surface area (Å²) in [6.45, 7) is 3.70. The Hall–Kier alpha value is -1.14. The molecule has 1 aromatic rings. The molecular formula is C14H21FN2O2S. The number of benzene rings is 1. The maximum atomic E-state index is 13.3. The summed E-state index contributed by atoms with van der Waals surface area (Å²) in [4.78, 5) is 0.0645. The van der Waals surface area contributed by atoms with Crippen LogP contribution in [0, 0.1) is 18.7 Å². The van der Waals surface area contributed by atoms with Gasteiger partial charge in [0.1, 0.15) is 5.82 Å². The highest BCUT2D eigenvalue weighted by atomic mass is 32.2. The Morgan fingerprint density at radius 3 is 2.70 bits per heavy atom. The summed E-state index contributed by atoms with van der Waals surface area (Å²) in [6, 6.07) is 2.31. The molecule has 2 unspecified atom stereocenters. The first-order valence-corrected chi connectivity index (χ1v) is 8.36. The van der Waals surface area contributed by atoms with Gasteiger partial charge in [0, 0.05) is 6.04 Å². The SMILES string of the molecule is Cc1cc(F)c(N)cc1S(=O)(=O)NC1CCCC(C)C1. The molecule has 112 valence electrons. The molecule has 3 N–H and O–H groups in total. The van der Waals surface area contributed by atoms with Crippen LogP contribution >= 0.6 is 0 Å². The van der Waals surface area contributed by atoms with E-state index in [2.05, 4.69) is 11.6 Å².